The maximum absolute atomic E-state index is 12.3. The molecule has 0 N–H and O–H groups in total. The molecule has 0 radical (unpaired) electrons. The number of hydrogen-bond acceptors (Lipinski definition) is 6. The van der Waals surface area contributed by atoms with Crippen LogP contribution >= 0.6 is 0 Å². The third-order valence-corrected chi connectivity index (χ3v) is 4.10. The molecule has 1 fully saturated rings. The third kappa shape index (κ3) is 4.31. The van der Waals surface area contributed by atoms with Gasteiger partial charge < -0.3 is 14.2 Å². The second kappa shape index (κ2) is 7.76. The molecular formula is C17H20O6. The van der Waals surface area contributed by atoms with Crippen LogP contribution in [0.1, 0.15) is 43.0 Å². The maximum Gasteiger partial charge on any atom is 0.341 e. The van der Waals surface area contributed by atoms with E-state index in [-0.39, 0.29) is 35.4 Å². The molecule has 0 spiro atoms. The van der Waals surface area contributed by atoms with Gasteiger partial charge in [-0.05, 0) is 49.8 Å². The Morgan fingerprint density at radius 1 is 1.17 bits per heavy atom. The van der Waals surface area contributed by atoms with Crippen molar-refractivity contribution in [3.05, 3.63) is 23.8 Å². The van der Waals surface area contributed by atoms with Crippen molar-refractivity contribution in [3.63, 3.8) is 0 Å². The zero-order chi connectivity index (χ0) is 16.8. The van der Waals surface area contributed by atoms with Gasteiger partial charge >= 0.3 is 11.9 Å². The first-order chi connectivity index (χ1) is 11.0. The van der Waals surface area contributed by atoms with E-state index in [1.54, 1.807) is 0 Å². The van der Waals surface area contributed by atoms with Gasteiger partial charge in [0.05, 0.1) is 13.0 Å². The number of carbonyl (C=O) groups excluding carboxylic acids is 3. The summed E-state index contributed by atoms with van der Waals surface area (Å²) < 4.78 is 14.8. The van der Waals surface area contributed by atoms with E-state index in [9.17, 15) is 14.4 Å². The molecule has 1 aliphatic carbocycles. The van der Waals surface area contributed by atoms with Crippen LogP contribution in [0.2, 0.25) is 0 Å². The van der Waals surface area contributed by atoms with Gasteiger partial charge in [-0.3, -0.25) is 9.59 Å². The Kier molecular flexibility index (Phi) is 5.73. The molecule has 1 aliphatic rings. The van der Waals surface area contributed by atoms with E-state index < -0.39 is 5.97 Å². The largest absolute Gasteiger partial charge is 0.465 e. The Balaban J connectivity index is 2.16. The van der Waals surface area contributed by atoms with Gasteiger partial charge in [0.15, 0.2) is 0 Å². The van der Waals surface area contributed by atoms with Crippen molar-refractivity contribution in [2.45, 2.75) is 32.6 Å². The Morgan fingerprint density at radius 2 is 1.87 bits per heavy atom. The minimum absolute atomic E-state index is 0.0457. The van der Waals surface area contributed by atoms with Gasteiger partial charge in [0.25, 0.3) is 6.47 Å². The van der Waals surface area contributed by atoms with E-state index in [1.165, 1.54) is 25.3 Å². The number of esters is 2. The summed E-state index contributed by atoms with van der Waals surface area (Å²) in [5.41, 5.74) is 0.0457. The zero-order valence-electron chi connectivity index (χ0n) is 13.2. The van der Waals surface area contributed by atoms with E-state index in [4.69, 9.17) is 9.47 Å². The van der Waals surface area contributed by atoms with Crippen LogP contribution in [0.3, 0.4) is 0 Å². The molecule has 0 saturated heterocycles. The van der Waals surface area contributed by atoms with Crippen LogP contribution < -0.4 is 9.47 Å². The van der Waals surface area contributed by atoms with Crippen molar-refractivity contribution in [1.29, 1.82) is 0 Å². The van der Waals surface area contributed by atoms with Crippen molar-refractivity contribution in [1.82, 2.24) is 0 Å². The Morgan fingerprint density at radius 3 is 2.48 bits per heavy atom. The minimum atomic E-state index is -0.665. The van der Waals surface area contributed by atoms with Crippen LogP contribution in [0.5, 0.6) is 11.5 Å². The minimum Gasteiger partial charge on any atom is -0.465 e. The van der Waals surface area contributed by atoms with E-state index >= 15 is 0 Å². The van der Waals surface area contributed by atoms with Crippen LogP contribution in [0, 0.1) is 11.8 Å². The molecule has 0 unspecified atom stereocenters. The van der Waals surface area contributed by atoms with Gasteiger partial charge in [-0.25, -0.2) is 4.79 Å². The fourth-order valence-electron chi connectivity index (χ4n) is 2.68. The van der Waals surface area contributed by atoms with Gasteiger partial charge in [-0.2, -0.15) is 0 Å². The highest BCUT2D eigenvalue weighted by Crippen LogP contribution is 2.31. The first-order valence-electron chi connectivity index (χ1n) is 7.59. The topological polar surface area (TPSA) is 78.9 Å². The molecule has 23 heavy (non-hydrogen) atoms. The smallest absolute Gasteiger partial charge is 0.341 e. The predicted octanol–water partition coefficient (Wildman–Crippen LogP) is 2.74. The van der Waals surface area contributed by atoms with Crippen LogP contribution in [-0.2, 0) is 14.3 Å². The van der Waals surface area contributed by atoms with Crippen molar-refractivity contribution in [2.75, 3.05) is 7.11 Å². The van der Waals surface area contributed by atoms with Gasteiger partial charge in [-0.1, -0.05) is 6.92 Å². The average Bonchev–Trinajstić information content (AvgIpc) is 2.56. The van der Waals surface area contributed by atoms with Crippen LogP contribution in [0.15, 0.2) is 18.2 Å². The number of ether oxygens (including phenoxy) is 3. The summed E-state index contributed by atoms with van der Waals surface area (Å²) in [6.45, 7) is 2.42. The van der Waals surface area contributed by atoms with Gasteiger partial charge in [-0.15, -0.1) is 0 Å². The molecule has 2 rings (SSSR count). The van der Waals surface area contributed by atoms with Crippen LogP contribution in [0.25, 0.3) is 0 Å². The number of carbonyl (C=O) groups is 3. The van der Waals surface area contributed by atoms with Gasteiger partial charge in [0, 0.05) is 0 Å². The average molecular weight is 320 g/mol. The summed E-state index contributed by atoms with van der Waals surface area (Å²) in [6, 6.07) is 4.19. The second-order valence-corrected chi connectivity index (χ2v) is 5.74. The summed E-state index contributed by atoms with van der Waals surface area (Å²) in [4.78, 5) is 34.5. The molecule has 124 valence electrons. The fraction of sp³-hybridized carbons (Fsp3) is 0.471. The molecule has 1 aromatic carbocycles. The lowest BCUT2D eigenvalue weighted by molar-refractivity contribution is -0.140. The molecule has 0 amide bonds. The molecule has 1 aromatic rings. The Hall–Kier alpha value is -2.37. The van der Waals surface area contributed by atoms with Crippen molar-refractivity contribution in [3.8, 4) is 11.5 Å². The van der Waals surface area contributed by atoms with Crippen molar-refractivity contribution < 1.29 is 28.6 Å². The zero-order valence-corrected chi connectivity index (χ0v) is 13.2. The molecular weight excluding hydrogens is 300 g/mol. The highest BCUT2D eigenvalue weighted by molar-refractivity contribution is 5.94. The standard InChI is InChI=1S/C17H20O6/c1-11-3-5-12(6-4-11)16(19)23-15-8-7-13(22-10-18)9-14(15)17(20)21-2/h7-12H,3-6H2,1-2H3. The Labute approximate surface area is 134 Å². The highest BCUT2D eigenvalue weighted by atomic mass is 16.5. The van der Waals surface area contributed by atoms with Crippen molar-refractivity contribution >= 4 is 18.4 Å². The quantitative estimate of drug-likeness (QED) is 0.471. The predicted molar refractivity (Wildman–Crippen MR) is 81.2 cm³/mol. The number of methoxy groups -OCH3 is 1. The SMILES string of the molecule is COC(=O)c1cc(OC=O)ccc1OC(=O)C1CCC(C)CC1. The summed E-state index contributed by atoms with van der Waals surface area (Å²) in [5.74, 6) is -0.245. The lowest BCUT2D eigenvalue weighted by atomic mass is 9.83. The number of hydrogen-bond donors (Lipinski definition) is 0. The molecule has 0 bridgehead atoms. The van der Waals surface area contributed by atoms with Gasteiger partial charge in [0.2, 0.25) is 0 Å². The molecule has 6 nitrogen and oxygen atoms in total. The lowest BCUT2D eigenvalue weighted by Gasteiger charge is -2.24. The summed E-state index contributed by atoms with van der Waals surface area (Å²) in [7, 11) is 1.23. The molecule has 0 heterocycles. The normalized spacial score (nSPS) is 20.4. The Bertz CT molecular complexity index is 587. The first kappa shape index (κ1) is 17.0. The van der Waals surface area contributed by atoms with Crippen LogP contribution in [-0.4, -0.2) is 25.5 Å². The van der Waals surface area contributed by atoms with Crippen LogP contribution in [0.4, 0.5) is 0 Å². The fourth-order valence-corrected chi connectivity index (χ4v) is 2.68. The highest BCUT2D eigenvalue weighted by Gasteiger charge is 2.27. The monoisotopic (exact) mass is 320 g/mol. The summed E-state index contributed by atoms with van der Waals surface area (Å²) >= 11 is 0. The van der Waals surface area contributed by atoms with E-state index in [0.29, 0.717) is 5.92 Å². The second-order valence-electron chi connectivity index (χ2n) is 5.74. The molecule has 0 aromatic heterocycles. The molecule has 0 atom stereocenters. The molecule has 6 heteroatoms. The maximum atomic E-state index is 12.3. The number of benzene rings is 1. The summed E-state index contributed by atoms with van der Waals surface area (Å²) in [5, 5.41) is 0. The number of rotatable bonds is 5. The lowest BCUT2D eigenvalue weighted by Crippen LogP contribution is -2.25. The van der Waals surface area contributed by atoms with E-state index in [2.05, 4.69) is 11.7 Å². The first-order valence-corrected chi connectivity index (χ1v) is 7.59. The summed E-state index contributed by atoms with van der Waals surface area (Å²) in [6.07, 6.45) is 3.57. The van der Waals surface area contributed by atoms with Crippen molar-refractivity contribution in [2.24, 2.45) is 11.8 Å². The molecule has 1 saturated carbocycles. The van der Waals surface area contributed by atoms with E-state index in [1.807, 2.05) is 0 Å². The van der Waals surface area contributed by atoms with E-state index in [0.717, 1.165) is 25.7 Å². The molecule has 0 aliphatic heterocycles. The van der Waals surface area contributed by atoms with Gasteiger partial charge in [0.1, 0.15) is 17.1 Å². The third-order valence-electron chi connectivity index (χ3n) is 4.10.